The second-order valence-corrected chi connectivity index (χ2v) is 5.70. The molecule has 1 aliphatic heterocycles. The van der Waals surface area contributed by atoms with Crippen LogP contribution < -0.4 is 0 Å². The lowest BCUT2D eigenvalue weighted by atomic mass is 9.85. The minimum absolute atomic E-state index is 0.278. The number of aromatic hydroxyl groups is 1. The first-order chi connectivity index (χ1) is 8.48. The van der Waals surface area contributed by atoms with Crippen LogP contribution in [0.5, 0.6) is 5.75 Å². The van der Waals surface area contributed by atoms with Gasteiger partial charge >= 0.3 is 0 Å². The number of aliphatic hydroxyl groups is 1. The van der Waals surface area contributed by atoms with Crippen molar-refractivity contribution in [3.05, 3.63) is 29.8 Å². The number of likely N-dealkylation sites (tertiary alicyclic amines) is 1. The van der Waals surface area contributed by atoms with Crippen molar-refractivity contribution in [3.63, 3.8) is 0 Å². The Balaban J connectivity index is 1.95. The number of nitrogens with zero attached hydrogens (tertiary/aromatic N) is 1. The van der Waals surface area contributed by atoms with Gasteiger partial charge in [0.1, 0.15) is 5.75 Å². The normalized spacial score (nSPS) is 20.2. The maximum atomic E-state index is 10.6. The molecule has 1 aliphatic rings. The zero-order valence-electron chi connectivity index (χ0n) is 11.3. The molecule has 1 saturated heterocycles. The largest absolute Gasteiger partial charge is 0.508 e. The number of piperidine rings is 1. The van der Waals surface area contributed by atoms with Crippen molar-refractivity contribution < 1.29 is 10.2 Å². The smallest absolute Gasteiger partial charge is 0.115 e. The Morgan fingerprint density at radius 1 is 1.17 bits per heavy atom. The first-order valence-corrected chi connectivity index (χ1v) is 6.73. The van der Waals surface area contributed by atoms with Crippen LogP contribution in [0, 0.1) is 0 Å². The molecule has 3 nitrogen and oxygen atoms in total. The van der Waals surface area contributed by atoms with Crippen LogP contribution in [0.25, 0.3) is 0 Å². The van der Waals surface area contributed by atoms with Gasteiger partial charge in [0, 0.05) is 25.6 Å². The number of phenolic OH excluding ortho intramolecular Hbond substituents is 1. The molecule has 0 amide bonds. The summed E-state index contributed by atoms with van der Waals surface area (Å²) < 4.78 is 0. The number of benzene rings is 1. The first kappa shape index (κ1) is 13.4. The van der Waals surface area contributed by atoms with Crippen LogP contribution in [0.1, 0.15) is 32.3 Å². The van der Waals surface area contributed by atoms with Crippen molar-refractivity contribution in [1.82, 2.24) is 4.90 Å². The van der Waals surface area contributed by atoms with Crippen LogP contribution in [-0.4, -0.2) is 39.8 Å². The summed E-state index contributed by atoms with van der Waals surface area (Å²) in [6.07, 6.45) is 2.33. The third-order valence-electron chi connectivity index (χ3n) is 3.93. The van der Waals surface area contributed by atoms with Crippen LogP contribution in [-0.2, 0) is 6.42 Å². The molecule has 0 aromatic heterocycles. The van der Waals surface area contributed by atoms with Gasteiger partial charge in [-0.25, -0.2) is 0 Å². The van der Waals surface area contributed by atoms with E-state index in [0.29, 0.717) is 12.5 Å². The Hall–Kier alpha value is -1.06. The maximum absolute atomic E-state index is 10.6. The standard InChI is InChI=1S/C15H23NO2/c1-12(2)16-9-7-15(18,8-10-16)11-13-3-5-14(17)6-4-13/h3-6,12,17-18H,7-11H2,1-2H3. The van der Waals surface area contributed by atoms with E-state index in [2.05, 4.69) is 18.7 Å². The molecule has 100 valence electrons. The van der Waals surface area contributed by atoms with Gasteiger partial charge in [-0.1, -0.05) is 12.1 Å². The lowest BCUT2D eigenvalue weighted by Gasteiger charge is -2.40. The van der Waals surface area contributed by atoms with E-state index in [9.17, 15) is 10.2 Å². The maximum Gasteiger partial charge on any atom is 0.115 e. The van der Waals surface area contributed by atoms with Gasteiger partial charge in [0.15, 0.2) is 0 Å². The van der Waals surface area contributed by atoms with E-state index in [1.165, 1.54) is 0 Å². The Morgan fingerprint density at radius 2 is 1.72 bits per heavy atom. The van der Waals surface area contributed by atoms with Crippen molar-refractivity contribution in [3.8, 4) is 5.75 Å². The van der Waals surface area contributed by atoms with Crippen molar-refractivity contribution in [2.24, 2.45) is 0 Å². The number of hydrogen-bond acceptors (Lipinski definition) is 3. The van der Waals surface area contributed by atoms with Crippen LogP contribution >= 0.6 is 0 Å². The van der Waals surface area contributed by atoms with Crippen LogP contribution in [0.3, 0.4) is 0 Å². The highest BCUT2D eigenvalue weighted by atomic mass is 16.3. The highest BCUT2D eigenvalue weighted by Gasteiger charge is 2.32. The third-order valence-corrected chi connectivity index (χ3v) is 3.93. The van der Waals surface area contributed by atoms with E-state index in [1.54, 1.807) is 12.1 Å². The van der Waals surface area contributed by atoms with Gasteiger partial charge in [0.2, 0.25) is 0 Å². The van der Waals surface area contributed by atoms with Crippen LogP contribution in [0.4, 0.5) is 0 Å². The summed E-state index contributed by atoms with van der Waals surface area (Å²) in [7, 11) is 0. The summed E-state index contributed by atoms with van der Waals surface area (Å²) in [5.41, 5.74) is 0.510. The minimum atomic E-state index is -0.581. The topological polar surface area (TPSA) is 43.7 Å². The Morgan fingerprint density at radius 3 is 2.22 bits per heavy atom. The molecule has 3 heteroatoms. The van der Waals surface area contributed by atoms with E-state index in [0.717, 1.165) is 31.5 Å². The molecule has 2 N–H and O–H groups in total. The SMILES string of the molecule is CC(C)N1CCC(O)(Cc2ccc(O)cc2)CC1. The predicted molar refractivity (Wildman–Crippen MR) is 72.7 cm³/mol. The fourth-order valence-corrected chi connectivity index (χ4v) is 2.63. The monoisotopic (exact) mass is 249 g/mol. The van der Waals surface area contributed by atoms with E-state index in [4.69, 9.17) is 0 Å². The molecule has 18 heavy (non-hydrogen) atoms. The van der Waals surface area contributed by atoms with Gasteiger partial charge in [-0.2, -0.15) is 0 Å². The van der Waals surface area contributed by atoms with E-state index in [-0.39, 0.29) is 5.75 Å². The lowest BCUT2D eigenvalue weighted by Crippen LogP contribution is -2.47. The first-order valence-electron chi connectivity index (χ1n) is 6.73. The van der Waals surface area contributed by atoms with Crippen molar-refractivity contribution in [1.29, 1.82) is 0 Å². The molecule has 1 fully saturated rings. The summed E-state index contributed by atoms with van der Waals surface area (Å²) in [5, 5.41) is 19.9. The number of phenols is 1. The molecule has 0 radical (unpaired) electrons. The summed E-state index contributed by atoms with van der Waals surface area (Å²) in [5.74, 6) is 0.278. The van der Waals surface area contributed by atoms with Crippen molar-refractivity contribution in [2.75, 3.05) is 13.1 Å². The average molecular weight is 249 g/mol. The Labute approximate surface area is 109 Å². The van der Waals surface area contributed by atoms with Gasteiger partial charge in [-0.05, 0) is 44.4 Å². The summed E-state index contributed by atoms with van der Waals surface area (Å²) >= 11 is 0. The molecule has 2 rings (SSSR count). The summed E-state index contributed by atoms with van der Waals surface area (Å²) in [6.45, 7) is 6.33. The second-order valence-electron chi connectivity index (χ2n) is 5.70. The zero-order chi connectivity index (χ0) is 13.2. The molecule has 0 aliphatic carbocycles. The number of rotatable bonds is 3. The molecule has 0 bridgehead atoms. The van der Waals surface area contributed by atoms with Gasteiger partial charge in [-0.15, -0.1) is 0 Å². The van der Waals surface area contributed by atoms with Crippen LogP contribution in [0.2, 0.25) is 0 Å². The molecule has 1 heterocycles. The Bertz CT molecular complexity index is 378. The zero-order valence-corrected chi connectivity index (χ0v) is 11.3. The molecule has 0 spiro atoms. The van der Waals surface area contributed by atoms with Gasteiger partial charge in [0.25, 0.3) is 0 Å². The molecule has 0 saturated carbocycles. The highest BCUT2D eigenvalue weighted by Crippen LogP contribution is 2.27. The highest BCUT2D eigenvalue weighted by molar-refractivity contribution is 5.27. The third kappa shape index (κ3) is 3.24. The second kappa shape index (κ2) is 5.29. The molecular formula is C15H23NO2. The fourth-order valence-electron chi connectivity index (χ4n) is 2.63. The summed E-state index contributed by atoms with van der Waals surface area (Å²) in [4.78, 5) is 2.41. The quantitative estimate of drug-likeness (QED) is 0.863. The number of hydrogen-bond donors (Lipinski definition) is 2. The van der Waals surface area contributed by atoms with E-state index < -0.39 is 5.60 Å². The molecule has 1 aromatic rings. The average Bonchev–Trinajstić information content (AvgIpc) is 2.32. The lowest BCUT2D eigenvalue weighted by molar-refractivity contribution is -0.0271. The molecular weight excluding hydrogens is 226 g/mol. The van der Waals surface area contributed by atoms with Gasteiger partial charge in [0.05, 0.1) is 5.60 Å². The molecule has 0 unspecified atom stereocenters. The van der Waals surface area contributed by atoms with E-state index >= 15 is 0 Å². The minimum Gasteiger partial charge on any atom is -0.508 e. The van der Waals surface area contributed by atoms with E-state index in [1.807, 2.05) is 12.1 Å². The van der Waals surface area contributed by atoms with Gasteiger partial charge < -0.3 is 15.1 Å². The van der Waals surface area contributed by atoms with Crippen molar-refractivity contribution >= 4 is 0 Å². The van der Waals surface area contributed by atoms with Crippen LogP contribution in [0.15, 0.2) is 24.3 Å². The molecule has 0 atom stereocenters. The fraction of sp³-hybridized carbons (Fsp3) is 0.600. The van der Waals surface area contributed by atoms with Crippen molar-refractivity contribution in [2.45, 2.75) is 44.8 Å². The predicted octanol–water partition coefficient (Wildman–Crippen LogP) is 2.17. The summed E-state index contributed by atoms with van der Waals surface area (Å²) in [6, 6.07) is 7.71. The van der Waals surface area contributed by atoms with Gasteiger partial charge in [-0.3, -0.25) is 0 Å². The Kier molecular flexibility index (Phi) is 3.93. The molecule has 1 aromatic carbocycles.